The number of amides is 2. The Morgan fingerprint density at radius 1 is 0.957 bits per heavy atom. The van der Waals surface area contributed by atoms with Crippen LogP contribution < -0.4 is 26.2 Å². The molecule has 4 atom stereocenters. The van der Waals surface area contributed by atoms with Crippen molar-refractivity contribution in [3.8, 4) is 0 Å². The van der Waals surface area contributed by atoms with Crippen LogP contribution >= 0.6 is 11.6 Å². The molecule has 244 valence electrons. The minimum absolute atomic E-state index is 0.0342. The molecule has 9 heteroatoms. The lowest BCUT2D eigenvalue weighted by Crippen LogP contribution is -2.56. The van der Waals surface area contributed by atoms with Crippen LogP contribution in [0.1, 0.15) is 60.5 Å². The fourth-order valence-electron chi connectivity index (χ4n) is 7.24. The number of piperazine rings is 1. The SMILES string of the molecule is CC(NC1CCCNC1)c1ccccc1N1CCN(C(=O)[C@H](Cc2ccc(Cl)cc2)NC(=O)CC2NCCc3ccccc32)CC1. The lowest BCUT2D eigenvalue weighted by Gasteiger charge is -2.39. The predicted octanol–water partition coefficient (Wildman–Crippen LogP) is 4.40. The van der Waals surface area contributed by atoms with Crippen LogP contribution in [0.4, 0.5) is 5.69 Å². The molecule has 8 nitrogen and oxygen atoms in total. The molecule has 46 heavy (non-hydrogen) atoms. The van der Waals surface area contributed by atoms with E-state index in [2.05, 4.69) is 69.5 Å². The van der Waals surface area contributed by atoms with Gasteiger partial charge in [-0.15, -0.1) is 0 Å². The van der Waals surface area contributed by atoms with E-state index >= 15 is 0 Å². The van der Waals surface area contributed by atoms with Crippen molar-refractivity contribution in [2.75, 3.05) is 50.7 Å². The number of anilines is 1. The van der Waals surface area contributed by atoms with Crippen molar-refractivity contribution >= 4 is 29.1 Å². The molecule has 3 unspecified atom stereocenters. The van der Waals surface area contributed by atoms with E-state index in [1.54, 1.807) is 0 Å². The first-order chi connectivity index (χ1) is 22.4. The summed E-state index contributed by atoms with van der Waals surface area (Å²) in [6.07, 6.45) is 4.05. The summed E-state index contributed by atoms with van der Waals surface area (Å²) in [5, 5.41) is 14.6. The zero-order chi connectivity index (χ0) is 31.9. The third-order valence-corrected chi connectivity index (χ3v) is 9.96. The van der Waals surface area contributed by atoms with Gasteiger partial charge in [0.05, 0.1) is 0 Å². The highest BCUT2D eigenvalue weighted by atomic mass is 35.5. The first-order valence-electron chi connectivity index (χ1n) is 16.9. The fraction of sp³-hybridized carbons (Fsp3) is 0.459. The van der Waals surface area contributed by atoms with E-state index in [1.807, 2.05) is 41.3 Å². The topological polar surface area (TPSA) is 88.7 Å². The summed E-state index contributed by atoms with van der Waals surface area (Å²) in [4.78, 5) is 31.9. The molecule has 6 rings (SSSR count). The monoisotopic (exact) mass is 642 g/mol. The lowest BCUT2D eigenvalue weighted by molar-refractivity contribution is -0.136. The molecule has 2 amide bonds. The van der Waals surface area contributed by atoms with Gasteiger partial charge in [-0.25, -0.2) is 0 Å². The Kier molecular flexibility index (Phi) is 10.9. The molecule has 2 fully saturated rings. The third-order valence-electron chi connectivity index (χ3n) is 9.71. The van der Waals surface area contributed by atoms with Gasteiger partial charge in [-0.3, -0.25) is 9.59 Å². The zero-order valence-electron chi connectivity index (χ0n) is 26.8. The Morgan fingerprint density at radius 2 is 1.72 bits per heavy atom. The third kappa shape index (κ3) is 8.10. The second kappa shape index (κ2) is 15.4. The fourth-order valence-corrected chi connectivity index (χ4v) is 7.36. The Balaban J connectivity index is 1.11. The molecule has 0 radical (unpaired) electrons. The van der Waals surface area contributed by atoms with E-state index in [1.165, 1.54) is 35.2 Å². The van der Waals surface area contributed by atoms with Crippen LogP contribution in [0.2, 0.25) is 5.02 Å². The summed E-state index contributed by atoms with van der Waals surface area (Å²) >= 11 is 6.15. The Labute approximate surface area is 278 Å². The minimum Gasteiger partial charge on any atom is -0.368 e. The van der Waals surface area contributed by atoms with Crippen molar-refractivity contribution in [3.63, 3.8) is 0 Å². The number of carbonyl (C=O) groups is 2. The molecule has 3 heterocycles. The summed E-state index contributed by atoms with van der Waals surface area (Å²) in [5.41, 5.74) is 5.93. The second-order valence-electron chi connectivity index (χ2n) is 12.9. The van der Waals surface area contributed by atoms with E-state index in [0.29, 0.717) is 30.6 Å². The van der Waals surface area contributed by atoms with Gasteiger partial charge in [-0.05, 0) is 79.7 Å². The molecule has 0 saturated carbocycles. The van der Waals surface area contributed by atoms with Gasteiger partial charge in [0, 0.05) is 74.4 Å². The van der Waals surface area contributed by atoms with Crippen LogP contribution in [0, 0.1) is 0 Å². The number of carbonyl (C=O) groups excluding carboxylic acids is 2. The average Bonchev–Trinajstić information content (AvgIpc) is 3.09. The van der Waals surface area contributed by atoms with Crippen molar-refractivity contribution in [2.24, 2.45) is 0 Å². The van der Waals surface area contributed by atoms with Crippen LogP contribution in [0.25, 0.3) is 0 Å². The average molecular weight is 643 g/mol. The Bertz CT molecular complexity index is 1470. The molecule has 2 saturated heterocycles. The van der Waals surface area contributed by atoms with Crippen molar-refractivity contribution in [1.82, 2.24) is 26.2 Å². The van der Waals surface area contributed by atoms with Crippen LogP contribution in [-0.4, -0.2) is 74.6 Å². The van der Waals surface area contributed by atoms with Crippen molar-refractivity contribution < 1.29 is 9.59 Å². The van der Waals surface area contributed by atoms with Crippen LogP contribution in [0.3, 0.4) is 0 Å². The molecular formula is C37H47ClN6O2. The van der Waals surface area contributed by atoms with Gasteiger partial charge in [-0.2, -0.15) is 0 Å². The lowest BCUT2D eigenvalue weighted by atomic mass is 9.92. The number of piperidine rings is 1. The van der Waals surface area contributed by atoms with Gasteiger partial charge in [-0.1, -0.05) is 66.2 Å². The van der Waals surface area contributed by atoms with Crippen LogP contribution in [-0.2, 0) is 22.4 Å². The number of benzene rings is 3. The van der Waals surface area contributed by atoms with Crippen molar-refractivity contribution in [3.05, 3.63) is 100 Å². The molecule has 4 N–H and O–H groups in total. The predicted molar refractivity (Wildman–Crippen MR) is 185 cm³/mol. The van der Waals surface area contributed by atoms with E-state index in [0.717, 1.165) is 44.7 Å². The van der Waals surface area contributed by atoms with Gasteiger partial charge in [0.1, 0.15) is 6.04 Å². The van der Waals surface area contributed by atoms with Crippen molar-refractivity contribution in [2.45, 2.75) is 63.2 Å². The number of nitrogens with one attached hydrogen (secondary N) is 4. The highest BCUT2D eigenvalue weighted by Gasteiger charge is 2.31. The highest BCUT2D eigenvalue weighted by molar-refractivity contribution is 6.30. The quantitative estimate of drug-likeness (QED) is 0.262. The summed E-state index contributed by atoms with van der Waals surface area (Å²) in [6.45, 7) is 7.88. The van der Waals surface area contributed by atoms with Crippen molar-refractivity contribution in [1.29, 1.82) is 0 Å². The van der Waals surface area contributed by atoms with Gasteiger partial charge in [0.25, 0.3) is 0 Å². The largest absolute Gasteiger partial charge is 0.368 e. The van der Waals surface area contributed by atoms with E-state index < -0.39 is 6.04 Å². The Hall–Kier alpha value is -3.43. The molecular weight excluding hydrogens is 596 g/mol. The first-order valence-corrected chi connectivity index (χ1v) is 17.3. The number of para-hydroxylation sites is 1. The molecule has 0 aromatic heterocycles. The standard InChI is InChI=1S/C37H47ClN6O2/c1-26(41-30-8-6-17-39-25-30)31-9-4-5-11-35(31)43-19-21-44(22-20-43)37(46)34(23-27-12-14-29(38)15-13-27)42-36(45)24-33-32-10-3-2-7-28(32)16-18-40-33/h2-5,7,9-15,26,30,33-34,39-41H,6,8,16-25H2,1H3,(H,42,45)/t26?,30?,33?,34-/m0/s1. The van der Waals surface area contributed by atoms with Gasteiger partial charge in [0.2, 0.25) is 11.8 Å². The minimum atomic E-state index is -0.653. The number of hydrogen-bond acceptors (Lipinski definition) is 6. The number of rotatable bonds is 10. The Morgan fingerprint density at radius 3 is 2.50 bits per heavy atom. The van der Waals surface area contributed by atoms with E-state index in [-0.39, 0.29) is 30.3 Å². The number of fused-ring (bicyclic) bond motifs is 1. The summed E-state index contributed by atoms with van der Waals surface area (Å²) in [6, 6.07) is 24.4. The smallest absolute Gasteiger partial charge is 0.245 e. The molecule has 0 bridgehead atoms. The molecule has 3 aliphatic rings. The molecule has 3 aromatic rings. The van der Waals surface area contributed by atoms with Gasteiger partial charge < -0.3 is 31.1 Å². The molecule has 0 spiro atoms. The number of nitrogens with zero attached hydrogens (tertiary/aromatic N) is 2. The van der Waals surface area contributed by atoms with Gasteiger partial charge in [0.15, 0.2) is 0 Å². The molecule has 0 aliphatic carbocycles. The molecule has 3 aromatic carbocycles. The van der Waals surface area contributed by atoms with E-state index in [4.69, 9.17) is 11.6 Å². The number of halogens is 1. The normalized spacial score (nSPS) is 21.3. The van der Waals surface area contributed by atoms with E-state index in [9.17, 15) is 9.59 Å². The van der Waals surface area contributed by atoms with Crippen LogP contribution in [0.5, 0.6) is 0 Å². The summed E-state index contributed by atoms with van der Waals surface area (Å²) in [5.74, 6) is -0.156. The first kappa shape index (κ1) is 32.5. The number of hydrogen-bond donors (Lipinski definition) is 4. The zero-order valence-corrected chi connectivity index (χ0v) is 27.6. The maximum atomic E-state index is 14.1. The van der Waals surface area contributed by atoms with Crippen LogP contribution in [0.15, 0.2) is 72.8 Å². The maximum absolute atomic E-state index is 14.1. The summed E-state index contributed by atoms with van der Waals surface area (Å²) in [7, 11) is 0. The highest BCUT2D eigenvalue weighted by Crippen LogP contribution is 2.29. The molecule has 3 aliphatic heterocycles. The second-order valence-corrected chi connectivity index (χ2v) is 13.3. The maximum Gasteiger partial charge on any atom is 0.245 e. The summed E-state index contributed by atoms with van der Waals surface area (Å²) < 4.78 is 0. The van der Waals surface area contributed by atoms with Gasteiger partial charge >= 0.3 is 0 Å².